The van der Waals surface area contributed by atoms with E-state index in [-0.39, 0.29) is 29.6 Å². The van der Waals surface area contributed by atoms with E-state index in [2.05, 4.69) is 15.3 Å². The van der Waals surface area contributed by atoms with Crippen LogP contribution in [0.1, 0.15) is 54.7 Å². The summed E-state index contributed by atoms with van der Waals surface area (Å²) in [6.07, 6.45) is -4.18. The van der Waals surface area contributed by atoms with Crippen molar-refractivity contribution in [2.45, 2.75) is 90.4 Å². The van der Waals surface area contributed by atoms with Gasteiger partial charge in [-0.2, -0.15) is 4.98 Å². The van der Waals surface area contributed by atoms with Gasteiger partial charge in [0.2, 0.25) is 5.95 Å². The second kappa shape index (κ2) is 9.95. The van der Waals surface area contributed by atoms with E-state index < -0.39 is 65.3 Å². The number of aromatic amines is 1. The van der Waals surface area contributed by atoms with Gasteiger partial charge in [0.25, 0.3) is 5.56 Å². The van der Waals surface area contributed by atoms with Gasteiger partial charge in [-0.25, -0.2) is 19.0 Å². The third-order valence-electron chi connectivity index (χ3n) is 6.31. The Hall–Kier alpha value is -3.43. The lowest BCUT2D eigenvalue weighted by molar-refractivity contribution is -0.202. The molecule has 0 unspecified atom stereocenters. The molecule has 0 aromatic carbocycles. The zero-order valence-electron chi connectivity index (χ0n) is 23.3. The number of imidazole rings is 1. The maximum Gasteiger partial charge on any atom is 0.408 e. The zero-order valence-corrected chi connectivity index (χ0v) is 23.3. The number of nitrogens with zero attached hydrogens (tertiary/aromatic N) is 3. The minimum Gasteiger partial charge on any atom is -0.461 e. The molecule has 15 heteroatoms. The highest BCUT2D eigenvalue weighted by molar-refractivity contribution is 5.81. The van der Waals surface area contributed by atoms with Crippen molar-refractivity contribution in [3.05, 3.63) is 20.8 Å². The van der Waals surface area contributed by atoms with Crippen molar-refractivity contribution in [3.8, 4) is 0 Å². The average Bonchev–Trinajstić information content (AvgIpc) is 3.35. The average molecular weight is 553 g/mol. The van der Waals surface area contributed by atoms with E-state index in [0.29, 0.717) is 0 Å². The maximum absolute atomic E-state index is 13.2. The van der Waals surface area contributed by atoms with Crippen molar-refractivity contribution in [1.82, 2.24) is 24.4 Å². The van der Waals surface area contributed by atoms with Crippen LogP contribution in [0.5, 0.6) is 0 Å². The SMILES string of the molecule is CC(C)[C@H](NC(=O)OC(C)(C)C)C(=O)OC[C@H]1O[C@@H](n2c(=O)n(C)c3c(=O)[nH]c(N)nc32)[C@@H]2OC(C)(C)O[C@@H]21. The number of nitrogen functional groups attached to an aromatic ring is 1. The molecule has 0 spiro atoms. The number of fused-ring (bicyclic) bond motifs is 2. The minimum atomic E-state index is -1.06. The second-order valence-corrected chi connectivity index (χ2v) is 11.5. The number of H-pyrrole nitrogens is 1. The monoisotopic (exact) mass is 552 g/mol. The molecule has 1 amide bonds. The number of nitrogens with two attached hydrogens (primary N) is 1. The molecule has 4 N–H and O–H groups in total. The van der Waals surface area contributed by atoms with Crippen LogP contribution >= 0.6 is 0 Å². The summed E-state index contributed by atoms with van der Waals surface area (Å²) in [6.45, 7) is 11.8. The van der Waals surface area contributed by atoms with Crippen LogP contribution in [0, 0.1) is 5.92 Å². The van der Waals surface area contributed by atoms with Crippen LogP contribution in [0.15, 0.2) is 9.59 Å². The number of aromatic nitrogens is 4. The van der Waals surface area contributed by atoms with Crippen molar-refractivity contribution in [3.63, 3.8) is 0 Å². The van der Waals surface area contributed by atoms with Crippen LogP contribution in [-0.2, 0) is 35.5 Å². The highest BCUT2D eigenvalue weighted by atomic mass is 16.8. The van der Waals surface area contributed by atoms with Crippen molar-refractivity contribution >= 4 is 29.2 Å². The fourth-order valence-corrected chi connectivity index (χ4v) is 4.71. The number of carbonyl (C=O) groups excluding carboxylic acids is 2. The Kier molecular flexibility index (Phi) is 7.29. The first-order chi connectivity index (χ1) is 18.0. The number of rotatable bonds is 6. The Balaban J connectivity index is 1.58. The van der Waals surface area contributed by atoms with Crippen molar-refractivity contribution in [1.29, 1.82) is 0 Å². The third kappa shape index (κ3) is 5.65. The molecule has 2 saturated heterocycles. The van der Waals surface area contributed by atoms with E-state index in [1.54, 1.807) is 48.5 Å². The fraction of sp³-hybridized carbons (Fsp3) is 0.708. The molecule has 5 atom stereocenters. The summed E-state index contributed by atoms with van der Waals surface area (Å²) >= 11 is 0. The van der Waals surface area contributed by atoms with Crippen LogP contribution in [0.2, 0.25) is 0 Å². The highest BCUT2D eigenvalue weighted by Crippen LogP contribution is 2.43. The van der Waals surface area contributed by atoms with Gasteiger partial charge in [-0.05, 0) is 40.5 Å². The van der Waals surface area contributed by atoms with Gasteiger partial charge in [-0.1, -0.05) is 13.8 Å². The Morgan fingerprint density at radius 3 is 2.46 bits per heavy atom. The van der Waals surface area contributed by atoms with E-state index in [0.717, 1.165) is 4.57 Å². The van der Waals surface area contributed by atoms with Crippen LogP contribution in [0.4, 0.5) is 10.7 Å². The highest BCUT2D eigenvalue weighted by Gasteiger charge is 2.57. The fourth-order valence-electron chi connectivity index (χ4n) is 4.71. The summed E-state index contributed by atoms with van der Waals surface area (Å²) in [5, 5.41) is 2.55. The largest absolute Gasteiger partial charge is 0.461 e. The van der Waals surface area contributed by atoms with E-state index in [1.165, 1.54) is 11.6 Å². The van der Waals surface area contributed by atoms with Crippen LogP contribution in [0.3, 0.4) is 0 Å². The molecule has 4 rings (SSSR count). The number of amides is 1. The lowest BCUT2D eigenvalue weighted by Crippen LogP contribution is -2.48. The quantitative estimate of drug-likeness (QED) is 0.423. The number of alkyl carbamates (subject to hydrolysis) is 1. The summed E-state index contributed by atoms with van der Waals surface area (Å²) in [6, 6.07) is -0.982. The Bertz CT molecular complexity index is 1390. The number of carbonyl (C=O) groups is 2. The normalized spacial score (nSPS) is 25.1. The number of nitrogens with one attached hydrogen (secondary N) is 2. The number of ether oxygens (including phenoxy) is 5. The number of hydrogen-bond acceptors (Lipinski definition) is 11. The molecule has 39 heavy (non-hydrogen) atoms. The van der Waals surface area contributed by atoms with Crippen molar-refractivity contribution in [2.24, 2.45) is 13.0 Å². The Morgan fingerprint density at radius 2 is 1.85 bits per heavy atom. The van der Waals surface area contributed by atoms with E-state index in [1.807, 2.05) is 0 Å². The molecule has 15 nitrogen and oxygen atoms in total. The first-order valence-electron chi connectivity index (χ1n) is 12.6. The summed E-state index contributed by atoms with van der Waals surface area (Å²) in [5.74, 6) is -2.20. The molecule has 4 heterocycles. The molecule has 2 aromatic rings. The molecule has 2 aromatic heterocycles. The van der Waals surface area contributed by atoms with E-state index in [9.17, 15) is 19.2 Å². The summed E-state index contributed by atoms with van der Waals surface area (Å²) in [4.78, 5) is 57.5. The number of hydrogen-bond donors (Lipinski definition) is 3. The lowest BCUT2D eigenvalue weighted by Gasteiger charge is -2.26. The predicted molar refractivity (Wildman–Crippen MR) is 137 cm³/mol. The summed E-state index contributed by atoms with van der Waals surface area (Å²) in [7, 11) is 1.43. The minimum absolute atomic E-state index is 0.00963. The molecule has 2 fully saturated rings. The summed E-state index contributed by atoms with van der Waals surface area (Å²) in [5.41, 5.74) is 3.86. The molecule has 0 bridgehead atoms. The van der Waals surface area contributed by atoms with Crippen molar-refractivity contribution in [2.75, 3.05) is 12.3 Å². The molecular weight excluding hydrogens is 516 g/mol. The first kappa shape index (κ1) is 28.6. The van der Waals surface area contributed by atoms with Crippen molar-refractivity contribution < 1.29 is 33.3 Å². The van der Waals surface area contributed by atoms with E-state index in [4.69, 9.17) is 29.4 Å². The topological polar surface area (TPSA) is 191 Å². The van der Waals surface area contributed by atoms with Gasteiger partial charge >= 0.3 is 17.8 Å². The second-order valence-electron chi connectivity index (χ2n) is 11.5. The number of esters is 1. The van der Waals surface area contributed by atoms with Gasteiger partial charge in [-0.15, -0.1) is 0 Å². The van der Waals surface area contributed by atoms with Crippen LogP contribution < -0.4 is 22.3 Å². The Morgan fingerprint density at radius 1 is 1.21 bits per heavy atom. The van der Waals surface area contributed by atoms with E-state index >= 15 is 0 Å². The predicted octanol–water partition coefficient (Wildman–Crippen LogP) is 0.516. The van der Waals surface area contributed by atoms with Crippen LogP contribution in [-0.4, -0.2) is 73.5 Å². The van der Waals surface area contributed by atoms with Gasteiger partial charge in [-0.3, -0.25) is 14.3 Å². The number of anilines is 1. The maximum atomic E-state index is 13.2. The van der Waals surface area contributed by atoms with Gasteiger partial charge in [0, 0.05) is 7.05 Å². The van der Waals surface area contributed by atoms with Gasteiger partial charge in [0.05, 0.1) is 0 Å². The third-order valence-corrected chi connectivity index (χ3v) is 6.31. The molecule has 2 aliphatic rings. The van der Waals surface area contributed by atoms with Gasteiger partial charge < -0.3 is 34.7 Å². The molecule has 0 aliphatic carbocycles. The molecule has 2 aliphatic heterocycles. The smallest absolute Gasteiger partial charge is 0.408 e. The van der Waals surface area contributed by atoms with Gasteiger partial charge in [0.15, 0.2) is 23.2 Å². The molecule has 0 radical (unpaired) electrons. The Labute approximate surface area is 223 Å². The lowest BCUT2D eigenvalue weighted by atomic mass is 10.1. The van der Waals surface area contributed by atoms with Gasteiger partial charge in [0.1, 0.15) is 36.6 Å². The summed E-state index contributed by atoms with van der Waals surface area (Å²) < 4.78 is 31.4. The molecule has 216 valence electrons. The van der Waals surface area contributed by atoms with Crippen LogP contribution in [0.25, 0.3) is 11.2 Å². The standard InChI is InChI=1S/C24H36N6O9/c1-10(2)12(26-21(33)39-23(3,4)5)19(32)35-9-11-14-15(38-24(6,7)37-14)18(36-11)30-16-13(29(8)22(30)34)17(31)28-20(25)27-16/h10-12,14-15,18H,9H2,1-8H3,(H,26,33)(H3,25,27,28,31)/t11-,12+,14-,15-,18-/m1/s1. The zero-order chi connectivity index (χ0) is 29.0. The first-order valence-corrected chi connectivity index (χ1v) is 12.6. The molecular formula is C24H36N6O9. The number of aryl methyl sites for hydroxylation is 1. The molecule has 0 saturated carbocycles.